The molecule has 6 nitrogen and oxygen atoms in total. The Morgan fingerprint density at radius 3 is 2.22 bits per heavy atom. The molecule has 0 aliphatic carbocycles. The van der Waals surface area contributed by atoms with E-state index in [0.717, 1.165) is 11.3 Å². The predicted octanol–water partition coefficient (Wildman–Crippen LogP) is 5.46. The molecule has 3 aromatic rings. The number of nitrogens with zero attached hydrogens (tertiary/aromatic N) is 1. The highest BCUT2D eigenvalue weighted by Crippen LogP contribution is 2.35. The maximum atomic E-state index is 13.2. The van der Waals surface area contributed by atoms with E-state index in [9.17, 15) is 9.59 Å². The molecule has 0 radical (unpaired) electrons. The minimum atomic E-state index is -0.387. The molecule has 0 aromatic heterocycles. The lowest BCUT2D eigenvalue weighted by Gasteiger charge is -2.27. The molecule has 0 fully saturated rings. The maximum absolute atomic E-state index is 13.2. The van der Waals surface area contributed by atoms with Gasteiger partial charge in [-0.1, -0.05) is 29.3 Å². The first-order valence-electron chi connectivity index (χ1n) is 9.99. The first kappa shape index (κ1) is 22.1. The molecule has 2 amide bonds. The number of ether oxygens (including phenoxy) is 1. The Labute approximate surface area is 196 Å². The summed E-state index contributed by atoms with van der Waals surface area (Å²) < 4.78 is 5.19. The molecule has 164 valence electrons. The van der Waals surface area contributed by atoms with Crippen molar-refractivity contribution >= 4 is 46.4 Å². The molecule has 1 atom stereocenters. The number of rotatable bonds is 7. The van der Waals surface area contributed by atoms with Gasteiger partial charge in [-0.2, -0.15) is 0 Å². The molecular weight excluding hydrogens is 449 g/mol. The zero-order valence-electron chi connectivity index (χ0n) is 17.3. The number of hydrogen-bond donors (Lipinski definition) is 2. The van der Waals surface area contributed by atoms with Crippen LogP contribution >= 0.6 is 23.2 Å². The van der Waals surface area contributed by atoms with Crippen molar-refractivity contribution in [1.82, 2.24) is 4.90 Å². The van der Waals surface area contributed by atoms with Gasteiger partial charge in [0, 0.05) is 51.8 Å². The Kier molecular flexibility index (Phi) is 6.65. The van der Waals surface area contributed by atoms with Gasteiger partial charge in [0.05, 0.1) is 6.61 Å². The van der Waals surface area contributed by atoms with Crippen LogP contribution in [0.25, 0.3) is 0 Å². The Bertz CT molecular complexity index is 1130. The van der Waals surface area contributed by atoms with Gasteiger partial charge < -0.3 is 20.3 Å². The van der Waals surface area contributed by atoms with Crippen LogP contribution < -0.4 is 10.6 Å². The number of methoxy groups -OCH3 is 1. The second-order valence-corrected chi connectivity index (χ2v) is 8.18. The number of carbonyl (C=O) groups excluding carboxylic acids is 2. The van der Waals surface area contributed by atoms with Gasteiger partial charge in [0.2, 0.25) is 0 Å². The summed E-state index contributed by atoms with van der Waals surface area (Å²) >= 11 is 11.9. The van der Waals surface area contributed by atoms with Gasteiger partial charge in [0.1, 0.15) is 6.17 Å². The van der Waals surface area contributed by atoms with E-state index in [-0.39, 0.29) is 18.0 Å². The zero-order chi connectivity index (χ0) is 22.7. The number of hydrogen-bond acceptors (Lipinski definition) is 4. The highest BCUT2D eigenvalue weighted by molar-refractivity contribution is 6.31. The molecule has 0 spiro atoms. The largest absolute Gasteiger partial charge is 0.383 e. The summed E-state index contributed by atoms with van der Waals surface area (Å²) in [6.07, 6.45) is -0.387. The van der Waals surface area contributed by atoms with Crippen LogP contribution in [0.2, 0.25) is 10.0 Å². The van der Waals surface area contributed by atoms with E-state index in [1.807, 2.05) is 18.2 Å². The molecule has 0 saturated carbocycles. The Balaban J connectivity index is 1.61. The van der Waals surface area contributed by atoms with Crippen LogP contribution in [0.5, 0.6) is 0 Å². The highest BCUT2D eigenvalue weighted by atomic mass is 35.5. The van der Waals surface area contributed by atoms with Gasteiger partial charge in [-0.3, -0.25) is 9.59 Å². The average Bonchev–Trinajstić information content (AvgIpc) is 3.05. The van der Waals surface area contributed by atoms with Crippen LogP contribution in [0.4, 0.5) is 11.4 Å². The van der Waals surface area contributed by atoms with Gasteiger partial charge in [0.15, 0.2) is 0 Å². The number of benzene rings is 3. The lowest BCUT2D eigenvalue weighted by molar-refractivity contribution is 0.0674. The van der Waals surface area contributed by atoms with Gasteiger partial charge in [-0.25, -0.2) is 0 Å². The fraction of sp³-hybridized carbons (Fsp3) is 0.167. The number of amides is 2. The summed E-state index contributed by atoms with van der Waals surface area (Å²) in [5, 5.41) is 7.42. The normalized spacial score (nSPS) is 14.9. The second kappa shape index (κ2) is 9.61. The maximum Gasteiger partial charge on any atom is 0.256 e. The van der Waals surface area contributed by atoms with Gasteiger partial charge in [-0.15, -0.1) is 0 Å². The molecule has 8 heteroatoms. The third-order valence-electron chi connectivity index (χ3n) is 5.20. The van der Waals surface area contributed by atoms with E-state index in [4.69, 9.17) is 27.9 Å². The van der Waals surface area contributed by atoms with E-state index >= 15 is 0 Å². The predicted molar refractivity (Wildman–Crippen MR) is 127 cm³/mol. The van der Waals surface area contributed by atoms with Crippen LogP contribution in [0, 0.1) is 0 Å². The molecule has 32 heavy (non-hydrogen) atoms. The quantitative estimate of drug-likeness (QED) is 0.481. The molecule has 3 aromatic carbocycles. The van der Waals surface area contributed by atoms with Crippen LogP contribution in [0.15, 0.2) is 66.7 Å². The topological polar surface area (TPSA) is 70.7 Å². The van der Waals surface area contributed by atoms with Crippen molar-refractivity contribution in [1.29, 1.82) is 0 Å². The SMILES string of the molecule is COCCN1C(=O)c2cc(C(=O)Nc3ccc(Cl)cc3)ccc2[C@@H]1Nc1ccc(Cl)cc1. The summed E-state index contributed by atoms with van der Waals surface area (Å²) in [4.78, 5) is 27.6. The molecule has 0 saturated heterocycles. The van der Waals surface area contributed by atoms with E-state index in [1.165, 1.54) is 0 Å². The summed E-state index contributed by atoms with van der Waals surface area (Å²) in [6.45, 7) is 0.796. The monoisotopic (exact) mass is 469 g/mol. The van der Waals surface area contributed by atoms with Crippen molar-refractivity contribution in [3.05, 3.63) is 93.5 Å². The third-order valence-corrected chi connectivity index (χ3v) is 5.70. The van der Waals surface area contributed by atoms with E-state index in [0.29, 0.717) is 40.0 Å². The number of fused-ring (bicyclic) bond motifs is 1. The Morgan fingerprint density at radius 2 is 1.59 bits per heavy atom. The van der Waals surface area contributed by atoms with Crippen LogP contribution in [0.1, 0.15) is 32.4 Å². The van der Waals surface area contributed by atoms with E-state index in [2.05, 4.69) is 10.6 Å². The molecule has 0 unspecified atom stereocenters. The minimum absolute atomic E-state index is 0.162. The average molecular weight is 470 g/mol. The van der Waals surface area contributed by atoms with Crippen molar-refractivity contribution in [2.45, 2.75) is 6.17 Å². The van der Waals surface area contributed by atoms with Crippen LogP contribution in [0.3, 0.4) is 0 Å². The van der Waals surface area contributed by atoms with Crippen molar-refractivity contribution in [2.24, 2.45) is 0 Å². The van der Waals surface area contributed by atoms with Crippen molar-refractivity contribution < 1.29 is 14.3 Å². The summed E-state index contributed by atoms with van der Waals surface area (Å²) in [6, 6.07) is 19.3. The standard InChI is InChI=1S/C24H21Cl2N3O3/c1-32-13-12-29-22(27-18-7-3-16(25)4-8-18)20-11-2-15(14-21(20)24(29)31)23(30)28-19-9-5-17(26)6-10-19/h2-11,14,22,27H,12-13H2,1H3,(H,28,30)/t22-/m1/s1. The molecule has 1 aliphatic heterocycles. The fourth-order valence-electron chi connectivity index (χ4n) is 3.58. The number of carbonyl (C=O) groups is 2. The Hall–Kier alpha value is -3.06. The smallest absolute Gasteiger partial charge is 0.256 e. The first-order chi connectivity index (χ1) is 15.5. The fourth-order valence-corrected chi connectivity index (χ4v) is 3.83. The van der Waals surface area contributed by atoms with Gasteiger partial charge >= 0.3 is 0 Å². The van der Waals surface area contributed by atoms with E-state index in [1.54, 1.807) is 60.5 Å². The van der Waals surface area contributed by atoms with Crippen LogP contribution in [-0.4, -0.2) is 37.0 Å². The summed E-state index contributed by atoms with van der Waals surface area (Å²) in [5.41, 5.74) is 3.12. The molecule has 1 aliphatic rings. The Morgan fingerprint density at radius 1 is 0.969 bits per heavy atom. The molecule has 2 N–H and O–H groups in total. The summed E-state index contributed by atoms with van der Waals surface area (Å²) in [5.74, 6) is -0.467. The molecule has 0 bridgehead atoms. The zero-order valence-corrected chi connectivity index (χ0v) is 18.8. The molecule has 4 rings (SSSR count). The number of anilines is 2. The van der Waals surface area contributed by atoms with Crippen molar-refractivity contribution in [3.63, 3.8) is 0 Å². The molecular formula is C24H21Cl2N3O3. The van der Waals surface area contributed by atoms with E-state index < -0.39 is 0 Å². The first-order valence-corrected chi connectivity index (χ1v) is 10.7. The van der Waals surface area contributed by atoms with Crippen molar-refractivity contribution in [3.8, 4) is 0 Å². The number of halogens is 2. The third kappa shape index (κ3) is 4.72. The van der Waals surface area contributed by atoms with Gasteiger partial charge in [0.25, 0.3) is 11.8 Å². The molecule has 1 heterocycles. The lowest BCUT2D eigenvalue weighted by Crippen LogP contribution is -2.34. The van der Waals surface area contributed by atoms with Crippen LogP contribution in [-0.2, 0) is 4.74 Å². The number of nitrogens with one attached hydrogen (secondary N) is 2. The lowest BCUT2D eigenvalue weighted by atomic mass is 10.0. The minimum Gasteiger partial charge on any atom is -0.383 e. The van der Waals surface area contributed by atoms with Crippen molar-refractivity contribution in [2.75, 3.05) is 30.9 Å². The van der Waals surface area contributed by atoms with Gasteiger partial charge in [-0.05, 0) is 60.7 Å². The highest BCUT2D eigenvalue weighted by Gasteiger charge is 2.37. The summed E-state index contributed by atoms with van der Waals surface area (Å²) in [7, 11) is 1.59. The second-order valence-electron chi connectivity index (χ2n) is 7.31.